The average molecular weight is 276 g/mol. The van der Waals surface area contributed by atoms with Crippen LogP contribution in [0.1, 0.15) is 5.56 Å². The predicted molar refractivity (Wildman–Crippen MR) is 89.3 cm³/mol. The second-order valence-corrected chi connectivity index (χ2v) is 5.38. The van der Waals surface area contributed by atoms with Crippen LogP contribution in [0.5, 0.6) is 0 Å². The van der Waals surface area contributed by atoms with Crippen LogP contribution in [0.25, 0.3) is 22.3 Å². The predicted octanol–water partition coefficient (Wildman–Crippen LogP) is 5.62. The Balaban J connectivity index is 2.13. The second-order valence-electron chi connectivity index (χ2n) is 4.93. The summed E-state index contributed by atoms with van der Waals surface area (Å²) in [6, 6.07) is 25.3. The molecule has 0 spiro atoms. The third kappa shape index (κ3) is 2.50. The summed E-state index contributed by atoms with van der Waals surface area (Å²) in [4.78, 5) is 1.03. The fourth-order valence-electron chi connectivity index (χ4n) is 2.36. The lowest BCUT2D eigenvalue weighted by Gasteiger charge is -2.11. The molecule has 0 bridgehead atoms. The molecule has 0 radical (unpaired) electrons. The molecule has 98 valence electrons. The molecule has 0 aliphatic carbocycles. The van der Waals surface area contributed by atoms with Crippen molar-refractivity contribution in [1.29, 1.82) is 0 Å². The van der Waals surface area contributed by atoms with Crippen molar-refractivity contribution < 1.29 is 0 Å². The molecule has 20 heavy (non-hydrogen) atoms. The normalized spacial score (nSPS) is 10.5. The fourth-order valence-corrected chi connectivity index (χ4v) is 2.77. The highest BCUT2D eigenvalue weighted by Gasteiger charge is 2.08. The molecule has 1 heteroatoms. The summed E-state index contributed by atoms with van der Waals surface area (Å²) in [5.41, 5.74) is 6.03. The maximum absolute atomic E-state index is 4.76. The van der Waals surface area contributed by atoms with Crippen LogP contribution in [0.4, 0.5) is 0 Å². The summed E-state index contributed by atoms with van der Waals surface area (Å²) in [5, 5.41) is 0. The summed E-state index contributed by atoms with van der Waals surface area (Å²) in [6.07, 6.45) is 0. The molecule has 0 nitrogen and oxygen atoms in total. The fraction of sp³-hybridized carbons (Fsp3) is 0.0526. The molecule has 0 heterocycles. The Bertz CT molecular complexity index is 713. The van der Waals surface area contributed by atoms with Gasteiger partial charge < -0.3 is 0 Å². The molecule has 0 N–H and O–H groups in total. The molecule has 3 aromatic rings. The highest BCUT2D eigenvalue weighted by molar-refractivity contribution is 7.80. The molecule has 0 saturated heterocycles. The minimum atomic E-state index is 1.03. The van der Waals surface area contributed by atoms with Gasteiger partial charge in [-0.1, -0.05) is 78.4 Å². The topological polar surface area (TPSA) is 0 Å². The lowest BCUT2D eigenvalue weighted by Crippen LogP contribution is -1.85. The largest absolute Gasteiger partial charge is 0.142 e. The van der Waals surface area contributed by atoms with E-state index in [1.54, 1.807) is 0 Å². The van der Waals surface area contributed by atoms with Crippen molar-refractivity contribution in [3.8, 4) is 22.3 Å². The number of benzene rings is 3. The van der Waals surface area contributed by atoms with E-state index in [0.29, 0.717) is 0 Å². The molecule has 3 rings (SSSR count). The molecule has 3 aromatic carbocycles. The van der Waals surface area contributed by atoms with Gasteiger partial charge in [-0.15, -0.1) is 12.6 Å². The highest BCUT2D eigenvalue weighted by Crippen LogP contribution is 2.34. The molecule has 0 amide bonds. The first kappa shape index (κ1) is 13.0. The smallest absolute Gasteiger partial charge is 0.0197 e. The van der Waals surface area contributed by atoms with Crippen LogP contribution in [-0.4, -0.2) is 0 Å². The number of thiol groups is 1. The molecule has 0 aliphatic rings. The van der Waals surface area contributed by atoms with Crippen LogP contribution in [0.2, 0.25) is 0 Å². The van der Waals surface area contributed by atoms with E-state index in [-0.39, 0.29) is 0 Å². The van der Waals surface area contributed by atoms with Gasteiger partial charge in [-0.25, -0.2) is 0 Å². The van der Waals surface area contributed by atoms with E-state index < -0.39 is 0 Å². The van der Waals surface area contributed by atoms with Gasteiger partial charge in [0.15, 0.2) is 0 Å². The molecule has 0 unspecified atom stereocenters. The standard InChI is InChI=1S/C19H16S/c1-14-10-12-16(13-11-14)18-9-5-8-17(19(18)20)15-6-3-2-4-7-15/h2-13,20H,1H3. The first-order valence-corrected chi connectivity index (χ1v) is 7.15. The summed E-state index contributed by atoms with van der Waals surface area (Å²) in [5.74, 6) is 0. The molecular formula is C19H16S. The van der Waals surface area contributed by atoms with Crippen molar-refractivity contribution in [3.05, 3.63) is 78.4 Å². The molecule has 0 aromatic heterocycles. The third-order valence-electron chi connectivity index (χ3n) is 3.48. The Morgan fingerprint density at radius 2 is 1.15 bits per heavy atom. The van der Waals surface area contributed by atoms with Gasteiger partial charge in [0, 0.05) is 4.90 Å². The highest BCUT2D eigenvalue weighted by atomic mass is 32.1. The lowest BCUT2D eigenvalue weighted by atomic mass is 9.98. The Morgan fingerprint density at radius 1 is 0.600 bits per heavy atom. The van der Waals surface area contributed by atoms with Crippen molar-refractivity contribution in [2.24, 2.45) is 0 Å². The van der Waals surface area contributed by atoms with Crippen molar-refractivity contribution in [1.82, 2.24) is 0 Å². The molecule has 0 saturated carbocycles. The van der Waals surface area contributed by atoms with Gasteiger partial charge in [-0.2, -0.15) is 0 Å². The Labute approximate surface area is 125 Å². The zero-order valence-electron chi connectivity index (χ0n) is 11.4. The lowest BCUT2D eigenvalue weighted by molar-refractivity contribution is 1.42. The zero-order chi connectivity index (χ0) is 13.9. The number of hydrogen-bond donors (Lipinski definition) is 1. The van der Waals surface area contributed by atoms with E-state index in [4.69, 9.17) is 12.6 Å². The van der Waals surface area contributed by atoms with E-state index in [1.807, 2.05) is 6.07 Å². The van der Waals surface area contributed by atoms with Gasteiger partial charge in [-0.05, 0) is 29.2 Å². The van der Waals surface area contributed by atoms with Crippen LogP contribution in [0.3, 0.4) is 0 Å². The molecule has 0 aliphatic heterocycles. The second kappa shape index (κ2) is 5.56. The number of hydrogen-bond acceptors (Lipinski definition) is 1. The minimum absolute atomic E-state index is 1.03. The summed E-state index contributed by atoms with van der Waals surface area (Å²) in [6.45, 7) is 2.10. The van der Waals surface area contributed by atoms with Crippen LogP contribution in [-0.2, 0) is 0 Å². The average Bonchev–Trinajstić information content (AvgIpc) is 2.49. The van der Waals surface area contributed by atoms with Crippen LogP contribution in [0.15, 0.2) is 77.7 Å². The van der Waals surface area contributed by atoms with Crippen molar-refractivity contribution in [2.75, 3.05) is 0 Å². The van der Waals surface area contributed by atoms with Crippen LogP contribution >= 0.6 is 12.6 Å². The van der Waals surface area contributed by atoms with E-state index >= 15 is 0 Å². The number of rotatable bonds is 2. The van der Waals surface area contributed by atoms with Gasteiger partial charge in [0.2, 0.25) is 0 Å². The van der Waals surface area contributed by atoms with Gasteiger partial charge in [0.1, 0.15) is 0 Å². The van der Waals surface area contributed by atoms with Crippen LogP contribution in [0, 0.1) is 6.92 Å². The molecule has 0 atom stereocenters. The van der Waals surface area contributed by atoms with Crippen LogP contribution < -0.4 is 0 Å². The van der Waals surface area contributed by atoms with Crippen molar-refractivity contribution in [3.63, 3.8) is 0 Å². The maximum Gasteiger partial charge on any atom is 0.0197 e. The molecule has 0 fully saturated rings. The Morgan fingerprint density at radius 3 is 1.75 bits per heavy atom. The van der Waals surface area contributed by atoms with E-state index in [0.717, 1.165) is 4.90 Å². The van der Waals surface area contributed by atoms with E-state index in [1.165, 1.54) is 27.8 Å². The van der Waals surface area contributed by atoms with Gasteiger partial charge >= 0.3 is 0 Å². The summed E-state index contributed by atoms with van der Waals surface area (Å²) in [7, 11) is 0. The first-order chi connectivity index (χ1) is 9.75. The van der Waals surface area contributed by atoms with E-state index in [2.05, 4.69) is 73.7 Å². The van der Waals surface area contributed by atoms with Crippen molar-refractivity contribution in [2.45, 2.75) is 11.8 Å². The summed E-state index contributed by atoms with van der Waals surface area (Å²) < 4.78 is 0. The Kier molecular flexibility index (Phi) is 3.62. The minimum Gasteiger partial charge on any atom is -0.142 e. The third-order valence-corrected chi connectivity index (χ3v) is 3.97. The van der Waals surface area contributed by atoms with Gasteiger partial charge in [0.25, 0.3) is 0 Å². The quantitative estimate of drug-likeness (QED) is 0.577. The van der Waals surface area contributed by atoms with Crippen molar-refractivity contribution >= 4 is 12.6 Å². The van der Waals surface area contributed by atoms with Gasteiger partial charge in [-0.3, -0.25) is 0 Å². The van der Waals surface area contributed by atoms with Gasteiger partial charge in [0.05, 0.1) is 0 Å². The maximum atomic E-state index is 4.76. The van der Waals surface area contributed by atoms with E-state index in [9.17, 15) is 0 Å². The summed E-state index contributed by atoms with van der Waals surface area (Å²) >= 11 is 4.76. The first-order valence-electron chi connectivity index (χ1n) is 6.70. The number of aryl methyl sites for hydroxylation is 1. The zero-order valence-corrected chi connectivity index (χ0v) is 12.3. The Hall–Kier alpha value is -1.99. The molecular weight excluding hydrogens is 260 g/mol. The monoisotopic (exact) mass is 276 g/mol. The SMILES string of the molecule is Cc1ccc(-c2cccc(-c3ccccc3)c2S)cc1.